The molecule has 0 spiro atoms. The molecule has 6 heteroatoms. The highest BCUT2D eigenvalue weighted by Gasteiger charge is 2.04. The van der Waals surface area contributed by atoms with E-state index in [-0.39, 0.29) is 5.56 Å². The van der Waals surface area contributed by atoms with Crippen LogP contribution in [0.3, 0.4) is 0 Å². The van der Waals surface area contributed by atoms with E-state index < -0.39 is 16.8 Å². The number of aryl methyl sites for hydroxylation is 1. The van der Waals surface area contributed by atoms with Gasteiger partial charge < -0.3 is 14.6 Å². The molecular formula is C20H24O5S. The summed E-state index contributed by atoms with van der Waals surface area (Å²) >= 11 is 0. The van der Waals surface area contributed by atoms with Gasteiger partial charge in [0.05, 0.1) is 18.8 Å². The van der Waals surface area contributed by atoms with Crippen molar-refractivity contribution >= 4 is 16.8 Å². The van der Waals surface area contributed by atoms with Crippen molar-refractivity contribution in [3.8, 4) is 11.5 Å². The third kappa shape index (κ3) is 7.27. The molecule has 2 rings (SSSR count). The van der Waals surface area contributed by atoms with Crippen LogP contribution in [0.25, 0.3) is 0 Å². The van der Waals surface area contributed by atoms with Crippen molar-refractivity contribution in [3.63, 3.8) is 0 Å². The highest BCUT2D eigenvalue weighted by atomic mass is 32.2. The molecule has 0 bridgehead atoms. The van der Waals surface area contributed by atoms with Gasteiger partial charge in [0.1, 0.15) is 11.5 Å². The number of aromatic carboxylic acids is 1. The van der Waals surface area contributed by atoms with Crippen molar-refractivity contribution < 1.29 is 23.6 Å². The monoisotopic (exact) mass is 376 g/mol. The van der Waals surface area contributed by atoms with Gasteiger partial charge >= 0.3 is 5.97 Å². The minimum atomic E-state index is -0.960. The van der Waals surface area contributed by atoms with Crippen molar-refractivity contribution in [1.29, 1.82) is 0 Å². The van der Waals surface area contributed by atoms with Crippen LogP contribution in [0, 0.1) is 6.92 Å². The smallest absolute Gasteiger partial charge is 0.335 e. The van der Waals surface area contributed by atoms with Gasteiger partial charge in [-0.2, -0.15) is 0 Å². The van der Waals surface area contributed by atoms with Gasteiger partial charge in [0.15, 0.2) is 0 Å². The maximum Gasteiger partial charge on any atom is 0.335 e. The van der Waals surface area contributed by atoms with Crippen LogP contribution in [0.5, 0.6) is 11.5 Å². The Labute approximate surface area is 156 Å². The molecule has 5 nitrogen and oxygen atoms in total. The van der Waals surface area contributed by atoms with Crippen LogP contribution in [-0.2, 0) is 10.8 Å². The largest absolute Gasteiger partial charge is 0.494 e. The molecule has 0 fully saturated rings. The summed E-state index contributed by atoms with van der Waals surface area (Å²) in [6, 6.07) is 14.1. The topological polar surface area (TPSA) is 72.8 Å². The van der Waals surface area contributed by atoms with E-state index in [1.165, 1.54) is 17.7 Å². The first-order valence-electron chi connectivity index (χ1n) is 8.55. The van der Waals surface area contributed by atoms with Crippen LogP contribution in [0.4, 0.5) is 0 Å². The second-order valence-electron chi connectivity index (χ2n) is 5.89. The lowest BCUT2D eigenvalue weighted by Gasteiger charge is -2.08. The maximum atomic E-state index is 12.0. The van der Waals surface area contributed by atoms with Crippen LogP contribution in [0.15, 0.2) is 48.5 Å². The zero-order valence-electron chi connectivity index (χ0n) is 14.8. The predicted octanol–water partition coefficient (Wildman–Crippen LogP) is 3.68. The van der Waals surface area contributed by atoms with Crippen LogP contribution in [0.2, 0.25) is 0 Å². The van der Waals surface area contributed by atoms with Crippen molar-refractivity contribution in [2.75, 3.05) is 24.7 Å². The van der Waals surface area contributed by atoms with E-state index >= 15 is 0 Å². The van der Waals surface area contributed by atoms with Crippen molar-refractivity contribution in [3.05, 3.63) is 59.7 Å². The number of carbonyl (C=O) groups is 1. The third-order valence-corrected chi connectivity index (χ3v) is 5.18. The van der Waals surface area contributed by atoms with Crippen LogP contribution < -0.4 is 9.47 Å². The Morgan fingerprint density at radius 2 is 1.35 bits per heavy atom. The SMILES string of the molecule is Cc1ccc(OCCCS(=O)CCCOc2ccc(C(=O)O)cc2)cc1. The van der Waals surface area contributed by atoms with Crippen LogP contribution >= 0.6 is 0 Å². The lowest BCUT2D eigenvalue weighted by molar-refractivity contribution is 0.0697. The molecule has 0 radical (unpaired) electrons. The molecule has 0 saturated heterocycles. The Bertz CT molecular complexity index is 710. The fraction of sp³-hybridized carbons (Fsp3) is 0.350. The zero-order chi connectivity index (χ0) is 18.8. The maximum absolute atomic E-state index is 12.0. The summed E-state index contributed by atoms with van der Waals surface area (Å²) in [5, 5.41) is 8.83. The summed E-state index contributed by atoms with van der Waals surface area (Å²) < 4.78 is 23.1. The quantitative estimate of drug-likeness (QED) is 0.606. The molecule has 0 aliphatic rings. The van der Waals surface area contributed by atoms with E-state index in [1.807, 2.05) is 31.2 Å². The molecule has 2 aromatic carbocycles. The van der Waals surface area contributed by atoms with Gasteiger partial charge in [-0.15, -0.1) is 0 Å². The normalized spacial score (nSPS) is 11.7. The van der Waals surface area contributed by atoms with Gasteiger partial charge in [-0.05, 0) is 56.2 Å². The first kappa shape index (κ1) is 20.0. The van der Waals surface area contributed by atoms with E-state index in [2.05, 4.69) is 0 Å². The highest BCUT2D eigenvalue weighted by Crippen LogP contribution is 2.13. The van der Waals surface area contributed by atoms with Gasteiger partial charge in [0.2, 0.25) is 0 Å². The Morgan fingerprint density at radius 1 is 0.885 bits per heavy atom. The molecule has 0 heterocycles. The fourth-order valence-corrected chi connectivity index (χ4v) is 3.33. The Kier molecular flexibility index (Phi) is 8.15. The van der Waals surface area contributed by atoms with Gasteiger partial charge in [-0.25, -0.2) is 4.79 Å². The molecular weight excluding hydrogens is 352 g/mol. The predicted molar refractivity (Wildman–Crippen MR) is 103 cm³/mol. The van der Waals surface area contributed by atoms with Crippen LogP contribution in [0.1, 0.15) is 28.8 Å². The molecule has 1 unspecified atom stereocenters. The summed E-state index contributed by atoms with van der Waals surface area (Å²) in [7, 11) is -0.887. The molecule has 0 aliphatic heterocycles. The van der Waals surface area contributed by atoms with Crippen LogP contribution in [-0.4, -0.2) is 40.0 Å². The minimum absolute atomic E-state index is 0.228. The van der Waals surface area contributed by atoms with Crippen molar-refractivity contribution in [1.82, 2.24) is 0 Å². The first-order valence-corrected chi connectivity index (χ1v) is 10.0. The van der Waals surface area contributed by atoms with E-state index in [4.69, 9.17) is 14.6 Å². The lowest BCUT2D eigenvalue weighted by atomic mass is 10.2. The Morgan fingerprint density at radius 3 is 1.81 bits per heavy atom. The van der Waals surface area contributed by atoms with E-state index in [1.54, 1.807) is 12.1 Å². The van der Waals surface area contributed by atoms with Gasteiger partial charge in [-0.1, -0.05) is 17.7 Å². The average Bonchev–Trinajstić information content (AvgIpc) is 2.64. The molecule has 26 heavy (non-hydrogen) atoms. The van der Waals surface area contributed by atoms with E-state index in [9.17, 15) is 9.00 Å². The second kappa shape index (κ2) is 10.6. The molecule has 1 N–H and O–H groups in total. The number of ether oxygens (including phenoxy) is 2. The number of carboxylic acid groups (broad SMARTS) is 1. The molecule has 0 aliphatic carbocycles. The summed E-state index contributed by atoms with van der Waals surface area (Å²) in [5.74, 6) is 1.69. The number of benzene rings is 2. The first-order chi connectivity index (χ1) is 12.5. The van der Waals surface area contributed by atoms with Gasteiger partial charge in [0.25, 0.3) is 0 Å². The Hall–Kier alpha value is -2.34. The number of rotatable bonds is 11. The van der Waals surface area contributed by atoms with Gasteiger partial charge in [-0.3, -0.25) is 4.21 Å². The molecule has 0 saturated carbocycles. The standard InChI is InChI=1S/C20H24O5S/c1-16-4-8-18(9-5-16)24-12-2-14-26(23)15-3-13-25-19-10-6-17(7-11-19)20(21)22/h4-11H,2-3,12-15H2,1H3,(H,21,22). The van der Waals surface area contributed by atoms with Crippen molar-refractivity contribution in [2.45, 2.75) is 19.8 Å². The Balaban J connectivity index is 1.54. The average molecular weight is 376 g/mol. The zero-order valence-corrected chi connectivity index (χ0v) is 15.7. The van der Waals surface area contributed by atoms with Gasteiger partial charge in [0, 0.05) is 22.3 Å². The molecule has 0 amide bonds. The lowest BCUT2D eigenvalue weighted by Crippen LogP contribution is -2.10. The van der Waals surface area contributed by atoms with Crippen molar-refractivity contribution in [2.24, 2.45) is 0 Å². The second-order valence-corrected chi connectivity index (χ2v) is 7.59. The molecule has 2 aromatic rings. The summed E-state index contributed by atoms with van der Waals surface area (Å²) in [6.07, 6.45) is 1.43. The third-order valence-electron chi connectivity index (χ3n) is 3.69. The molecule has 0 aromatic heterocycles. The number of hydrogen-bond donors (Lipinski definition) is 1. The number of hydrogen-bond acceptors (Lipinski definition) is 4. The molecule has 1 atom stereocenters. The fourth-order valence-electron chi connectivity index (χ4n) is 2.25. The minimum Gasteiger partial charge on any atom is -0.494 e. The van der Waals surface area contributed by atoms with E-state index in [0.717, 1.165) is 12.2 Å². The summed E-state index contributed by atoms with van der Waals surface area (Å²) in [6.45, 7) is 3.04. The summed E-state index contributed by atoms with van der Waals surface area (Å²) in [5.41, 5.74) is 1.42. The number of carboxylic acids is 1. The van der Waals surface area contributed by atoms with E-state index in [0.29, 0.717) is 36.9 Å². The highest BCUT2D eigenvalue weighted by molar-refractivity contribution is 7.84. The summed E-state index contributed by atoms with van der Waals surface area (Å²) in [4.78, 5) is 10.8. The molecule has 140 valence electrons.